The monoisotopic (exact) mass is 340 g/mol. The van der Waals surface area contributed by atoms with Gasteiger partial charge in [-0.3, -0.25) is 4.79 Å². The first-order valence-electron chi connectivity index (χ1n) is 7.84. The number of carbonyl (C=O) groups is 1. The van der Waals surface area contributed by atoms with E-state index in [-0.39, 0.29) is 23.8 Å². The summed E-state index contributed by atoms with van der Waals surface area (Å²) in [6, 6.07) is 6.15. The second-order valence-corrected chi connectivity index (χ2v) is 7.68. The van der Waals surface area contributed by atoms with Crippen LogP contribution in [0.4, 0.5) is 0 Å². The van der Waals surface area contributed by atoms with Gasteiger partial charge in [-0.25, -0.2) is 13.1 Å². The number of piperidine rings is 1. The summed E-state index contributed by atoms with van der Waals surface area (Å²) in [7, 11) is -2.08. The van der Waals surface area contributed by atoms with Crippen molar-refractivity contribution in [2.45, 2.75) is 31.1 Å². The van der Waals surface area contributed by atoms with Gasteiger partial charge in [0.05, 0.1) is 12.0 Å². The Balaban J connectivity index is 1.85. The van der Waals surface area contributed by atoms with Gasteiger partial charge in [0.2, 0.25) is 15.9 Å². The lowest BCUT2D eigenvalue weighted by atomic mass is 10.0. The van der Waals surface area contributed by atoms with Crippen LogP contribution < -0.4 is 9.46 Å². The molecule has 1 saturated heterocycles. The number of carbonyl (C=O) groups excluding carboxylic acids is 1. The van der Waals surface area contributed by atoms with Crippen molar-refractivity contribution in [1.29, 1.82) is 0 Å². The highest BCUT2D eigenvalue weighted by molar-refractivity contribution is 7.89. The Kier molecular flexibility index (Phi) is 6.01. The largest absolute Gasteiger partial charge is 0.497 e. The molecule has 128 valence electrons. The van der Waals surface area contributed by atoms with Crippen LogP contribution in [0.5, 0.6) is 5.75 Å². The number of hydrogen-bond acceptors (Lipinski definition) is 4. The lowest BCUT2D eigenvalue weighted by Crippen LogP contribution is -2.40. The molecule has 6 nitrogen and oxygen atoms in total. The zero-order chi connectivity index (χ0) is 16.9. The Bertz CT molecular complexity index is 628. The molecule has 0 saturated carbocycles. The van der Waals surface area contributed by atoms with Crippen LogP contribution >= 0.6 is 0 Å². The minimum absolute atomic E-state index is 0.00832. The van der Waals surface area contributed by atoms with E-state index < -0.39 is 10.0 Å². The molecular formula is C16H24N2O4S. The summed E-state index contributed by atoms with van der Waals surface area (Å²) in [5, 5.41) is 0. The summed E-state index contributed by atoms with van der Waals surface area (Å²) in [5.74, 6) is 1.12. The lowest BCUT2D eigenvalue weighted by molar-refractivity contribution is -0.132. The van der Waals surface area contributed by atoms with Crippen molar-refractivity contribution in [3.05, 3.63) is 24.3 Å². The molecule has 0 aromatic heterocycles. The predicted octanol–water partition coefficient (Wildman–Crippen LogP) is 1.62. The molecule has 1 aliphatic rings. The number of nitrogens with zero attached hydrogens (tertiary/aromatic N) is 1. The van der Waals surface area contributed by atoms with E-state index in [4.69, 9.17) is 4.74 Å². The third-order valence-corrected chi connectivity index (χ3v) is 5.49. The van der Waals surface area contributed by atoms with E-state index in [0.717, 1.165) is 25.9 Å². The molecule has 1 amide bonds. The number of nitrogens with one attached hydrogen (secondary N) is 1. The second kappa shape index (κ2) is 7.79. The van der Waals surface area contributed by atoms with E-state index in [2.05, 4.69) is 11.6 Å². The van der Waals surface area contributed by atoms with E-state index >= 15 is 0 Å². The van der Waals surface area contributed by atoms with E-state index in [1.807, 2.05) is 4.90 Å². The first-order valence-corrected chi connectivity index (χ1v) is 9.32. The molecular weight excluding hydrogens is 316 g/mol. The minimum atomic E-state index is -3.60. The Labute approximate surface area is 137 Å². The number of sulfonamides is 1. The van der Waals surface area contributed by atoms with E-state index in [1.165, 1.54) is 19.2 Å². The molecule has 1 N–H and O–H groups in total. The summed E-state index contributed by atoms with van der Waals surface area (Å²) in [6.45, 7) is 3.78. The van der Waals surface area contributed by atoms with Crippen molar-refractivity contribution in [3.8, 4) is 5.75 Å². The van der Waals surface area contributed by atoms with Gasteiger partial charge in [-0.05, 0) is 43.0 Å². The van der Waals surface area contributed by atoms with Gasteiger partial charge in [-0.2, -0.15) is 0 Å². The molecule has 1 fully saturated rings. The standard InChI is InChI=1S/C16H24N2O4S/c1-13-4-3-11-18(12-13)16(19)9-10-17-23(20,21)15-7-5-14(22-2)6-8-15/h5-8,13,17H,3-4,9-12H2,1-2H3. The van der Waals surface area contributed by atoms with Crippen molar-refractivity contribution in [3.63, 3.8) is 0 Å². The van der Waals surface area contributed by atoms with Crippen molar-refractivity contribution in [1.82, 2.24) is 9.62 Å². The number of likely N-dealkylation sites (tertiary alicyclic amines) is 1. The van der Waals surface area contributed by atoms with Crippen LogP contribution in [0.2, 0.25) is 0 Å². The van der Waals surface area contributed by atoms with Crippen LogP contribution in [-0.2, 0) is 14.8 Å². The maximum absolute atomic E-state index is 12.2. The summed E-state index contributed by atoms with van der Waals surface area (Å²) in [6.07, 6.45) is 2.35. The molecule has 0 bridgehead atoms. The summed E-state index contributed by atoms with van der Waals surface area (Å²) in [5.41, 5.74) is 0. The number of amides is 1. The van der Waals surface area contributed by atoms with Crippen molar-refractivity contribution >= 4 is 15.9 Å². The van der Waals surface area contributed by atoms with Crippen LogP contribution in [0.1, 0.15) is 26.2 Å². The fraction of sp³-hybridized carbons (Fsp3) is 0.562. The smallest absolute Gasteiger partial charge is 0.240 e. The maximum Gasteiger partial charge on any atom is 0.240 e. The molecule has 1 atom stereocenters. The number of hydrogen-bond donors (Lipinski definition) is 1. The number of ether oxygens (including phenoxy) is 1. The fourth-order valence-corrected chi connectivity index (χ4v) is 3.74. The first-order chi connectivity index (χ1) is 10.9. The fourth-order valence-electron chi connectivity index (χ4n) is 2.70. The van der Waals surface area contributed by atoms with Gasteiger partial charge in [-0.1, -0.05) is 6.92 Å². The van der Waals surface area contributed by atoms with Crippen LogP contribution in [0.3, 0.4) is 0 Å². The van der Waals surface area contributed by atoms with Crippen LogP contribution in [-0.4, -0.2) is 46.0 Å². The molecule has 1 aromatic carbocycles. The molecule has 1 heterocycles. The molecule has 23 heavy (non-hydrogen) atoms. The van der Waals surface area contributed by atoms with Crippen LogP contribution in [0.25, 0.3) is 0 Å². The predicted molar refractivity (Wildman–Crippen MR) is 87.8 cm³/mol. The number of benzene rings is 1. The molecule has 0 radical (unpaired) electrons. The van der Waals surface area contributed by atoms with Crippen LogP contribution in [0, 0.1) is 5.92 Å². The Morgan fingerprint density at radius 3 is 2.65 bits per heavy atom. The summed E-state index contributed by atoms with van der Waals surface area (Å²) >= 11 is 0. The highest BCUT2D eigenvalue weighted by atomic mass is 32.2. The molecule has 0 aliphatic carbocycles. The highest BCUT2D eigenvalue weighted by Gasteiger charge is 2.21. The van der Waals surface area contributed by atoms with Crippen LogP contribution in [0.15, 0.2) is 29.2 Å². The molecule has 2 rings (SSSR count). The number of rotatable bonds is 6. The SMILES string of the molecule is COc1ccc(S(=O)(=O)NCCC(=O)N2CCCC(C)C2)cc1. The zero-order valence-corrected chi connectivity index (χ0v) is 14.4. The van der Waals surface area contributed by atoms with Crippen molar-refractivity contribution < 1.29 is 17.9 Å². The third-order valence-electron chi connectivity index (χ3n) is 4.01. The molecule has 1 aliphatic heterocycles. The summed E-state index contributed by atoms with van der Waals surface area (Å²) in [4.78, 5) is 14.1. The third kappa shape index (κ3) is 4.94. The zero-order valence-electron chi connectivity index (χ0n) is 13.6. The van der Waals surface area contributed by atoms with E-state index in [0.29, 0.717) is 11.7 Å². The van der Waals surface area contributed by atoms with Crippen molar-refractivity contribution in [2.24, 2.45) is 5.92 Å². The van der Waals surface area contributed by atoms with Gasteiger partial charge in [0.15, 0.2) is 0 Å². The molecule has 0 spiro atoms. The Morgan fingerprint density at radius 1 is 1.35 bits per heavy atom. The van der Waals surface area contributed by atoms with E-state index in [9.17, 15) is 13.2 Å². The maximum atomic E-state index is 12.2. The van der Waals surface area contributed by atoms with Gasteiger partial charge in [0.25, 0.3) is 0 Å². The topological polar surface area (TPSA) is 75.7 Å². The molecule has 7 heteroatoms. The molecule has 1 unspecified atom stereocenters. The van der Waals surface area contributed by atoms with Gasteiger partial charge in [0, 0.05) is 26.1 Å². The van der Waals surface area contributed by atoms with Gasteiger partial charge in [0.1, 0.15) is 5.75 Å². The van der Waals surface area contributed by atoms with Gasteiger partial charge in [-0.15, -0.1) is 0 Å². The first kappa shape index (κ1) is 17.7. The molecule has 1 aromatic rings. The number of methoxy groups -OCH3 is 1. The average molecular weight is 340 g/mol. The Hall–Kier alpha value is -1.60. The average Bonchev–Trinajstić information content (AvgIpc) is 2.54. The summed E-state index contributed by atoms with van der Waals surface area (Å²) < 4.78 is 31.8. The quantitative estimate of drug-likeness (QED) is 0.854. The van der Waals surface area contributed by atoms with Gasteiger partial charge < -0.3 is 9.64 Å². The Morgan fingerprint density at radius 2 is 2.04 bits per heavy atom. The highest BCUT2D eigenvalue weighted by Crippen LogP contribution is 2.17. The van der Waals surface area contributed by atoms with E-state index in [1.54, 1.807) is 12.1 Å². The lowest BCUT2D eigenvalue weighted by Gasteiger charge is -2.31. The second-order valence-electron chi connectivity index (χ2n) is 5.91. The van der Waals surface area contributed by atoms with Gasteiger partial charge >= 0.3 is 0 Å². The van der Waals surface area contributed by atoms with Crippen molar-refractivity contribution in [2.75, 3.05) is 26.7 Å². The minimum Gasteiger partial charge on any atom is -0.497 e. The normalized spacial score (nSPS) is 18.7.